The van der Waals surface area contributed by atoms with Gasteiger partial charge in [-0.2, -0.15) is 0 Å². The van der Waals surface area contributed by atoms with Crippen molar-refractivity contribution in [2.75, 3.05) is 6.54 Å². The molecule has 92 valence electrons. The van der Waals surface area contributed by atoms with Gasteiger partial charge in [0.15, 0.2) is 0 Å². The van der Waals surface area contributed by atoms with Gasteiger partial charge in [-0.3, -0.25) is 9.59 Å². The zero-order valence-corrected chi connectivity index (χ0v) is 9.29. The summed E-state index contributed by atoms with van der Waals surface area (Å²) < 4.78 is 0. The van der Waals surface area contributed by atoms with Crippen molar-refractivity contribution in [1.82, 2.24) is 10.2 Å². The van der Waals surface area contributed by atoms with Crippen LogP contribution in [0, 0.1) is 0 Å². The summed E-state index contributed by atoms with van der Waals surface area (Å²) in [5, 5.41) is 10.9. The molecule has 0 bridgehead atoms. The summed E-state index contributed by atoms with van der Waals surface area (Å²) in [5.74, 6) is -1.87. The lowest BCUT2D eigenvalue weighted by Gasteiger charge is -2.06. The van der Waals surface area contributed by atoms with E-state index in [4.69, 9.17) is 5.11 Å². The molecule has 0 atom stereocenters. The average molecular weight is 246 g/mol. The number of carboxylic acid groups (broad SMARTS) is 1. The van der Waals surface area contributed by atoms with Gasteiger partial charge in [0, 0.05) is 0 Å². The fraction of sp³-hybridized carbons (Fsp3) is 0.0833. The van der Waals surface area contributed by atoms with Crippen LogP contribution < -0.4 is 5.32 Å². The maximum absolute atomic E-state index is 11.8. The lowest BCUT2D eigenvalue weighted by Crippen LogP contribution is -2.35. The van der Waals surface area contributed by atoms with Crippen molar-refractivity contribution < 1.29 is 19.5 Å². The number of hydrogen-bond acceptors (Lipinski definition) is 3. The highest BCUT2D eigenvalue weighted by Crippen LogP contribution is 2.13. The number of urea groups is 1. The summed E-state index contributed by atoms with van der Waals surface area (Å²) in [5.41, 5.74) is 0.825. The van der Waals surface area contributed by atoms with Crippen molar-refractivity contribution >= 4 is 24.0 Å². The molecular formula is C12H10N2O4. The maximum atomic E-state index is 11.8. The Balaban J connectivity index is 2.23. The third kappa shape index (κ3) is 2.37. The number of amides is 3. The number of carboxylic acids is 1. The molecule has 0 unspecified atom stereocenters. The Hall–Kier alpha value is -2.63. The molecule has 6 nitrogen and oxygen atoms in total. The van der Waals surface area contributed by atoms with Crippen molar-refractivity contribution in [3.05, 3.63) is 41.6 Å². The van der Waals surface area contributed by atoms with Gasteiger partial charge in [-0.1, -0.05) is 30.3 Å². The van der Waals surface area contributed by atoms with E-state index in [1.807, 2.05) is 6.07 Å². The van der Waals surface area contributed by atoms with Crippen LogP contribution in [0.25, 0.3) is 6.08 Å². The SMILES string of the molecule is O=C(O)CN1C(=O)NC(=Cc2ccccc2)C1=O. The van der Waals surface area contributed by atoms with Crippen molar-refractivity contribution in [2.24, 2.45) is 0 Å². The number of carbonyl (C=O) groups excluding carboxylic acids is 2. The van der Waals surface area contributed by atoms with Crippen LogP contribution in [0.15, 0.2) is 36.0 Å². The monoisotopic (exact) mass is 246 g/mol. The summed E-state index contributed by atoms with van der Waals surface area (Å²) in [6.07, 6.45) is 1.50. The van der Waals surface area contributed by atoms with E-state index in [-0.39, 0.29) is 5.70 Å². The van der Waals surface area contributed by atoms with Gasteiger partial charge in [0.05, 0.1) is 0 Å². The molecule has 2 rings (SSSR count). The minimum absolute atomic E-state index is 0.0763. The van der Waals surface area contributed by atoms with Crippen molar-refractivity contribution in [3.8, 4) is 0 Å². The Bertz CT molecular complexity index is 536. The normalized spacial score (nSPS) is 17.1. The molecule has 1 aromatic carbocycles. The largest absolute Gasteiger partial charge is 0.480 e. The number of carbonyl (C=O) groups is 3. The zero-order chi connectivity index (χ0) is 13.1. The summed E-state index contributed by atoms with van der Waals surface area (Å²) in [7, 11) is 0. The Morgan fingerprint density at radius 1 is 1.28 bits per heavy atom. The summed E-state index contributed by atoms with van der Waals surface area (Å²) >= 11 is 0. The van der Waals surface area contributed by atoms with Crippen LogP contribution in [-0.2, 0) is 9.59 Å². The minimum atomic E-state index is -1.24. The molecule has 2 N–H and O–H groups in total. The highest BCUT2D eigenvalue weighted by Gasteiger charge is 2.34. The lowest BCUT2D eigenvalue weighted by atomic mass is 10.2. The highest BCUT2D eigenvalue weighted by atomic mass is 16.4. The lowest BCUT2D eigenvalue weighted by molar-refractivity contribution is -0.140. The quantitative estimate of drug-likeness (QED) is 0.606. The smallest absolute Gasteiger partial charge is 0.329 e. The molecular weight excluding hydrogens is 236 g/mol. The molecule has 18 heavy (non-hydrogen) atoms. The summed E-state index contributed by atoms with van der Waals surface area (Å²) in [4.78, 5) is 34.3. The van der Waals surface area contributed by atoms with Gasteiger partial charge in [0.2, 0.25) is 0 Å². The van der Waals surface area contributed by atoms with Crippen LogP contribution in [-0.4, -0.2) is 34.5 Å². The predicted octanol–water partition coefficient (Wildman–Crippen LogP) is 0.664. The third-order valence-corrected chi connectivity index (χ3v) is 2.37. The van der Waals surface area contributed by atoms with E-state index in [9.17, 15) is 14.4 Å². The van der Waals surface area contributed by atoms with Crippen LogP contribution in [0.3, 0.4) is 0 Å². The number of aliphatic carboxylic acids is 1. The van der Waals surface area contributed by atoms with Gasteiger partial charge in [-0.05, 0) is 11.6 Å². The van der Waals surface area contributed by atoms with Crippen molar-refractivity contribution in [3.63, 3.8) is 0 Å². The molecule has 1 heterocycles. The number of hydrogen-bond donors (Lipinski definition) is 2. The first-order chi connectivity index (χ1) is 8.58. The number of nitrogens with zero attached hydrogens (tertiary/aromatic N) is 1. The van der Waals surface area contributed by atoms with E-state index in [0.29, 0.717) is 4.90 Å². The first-order valence-electron chi connectivity index (χ1n) is 5.19. The molecule has 0 aromatic heterocycles. The van der Waals surface area contributed by atoms with Gasteiger partial charge < -0.3 is 10.4 Å². The topological polar surface area (TPSA) is 86.7 Å². The van der Waals surface area contributed by atoms with Gasteiger partial charge in [-0.15, -0.1) is 0 Å². The van der Waals surface area contributed by atoms with Crippen LogP contribution in [0.2, 0.25) is 0 Å². The standard InChI is InChI=1S/C12H10N2O4/c15-10(16)7-14-11(17)9(13-12(14)18)6-8-4-2-1-3-5-8/h1-6H,7H2,(H,13,18)(H,15,16). The molecule has 0 spiro atoms. The number of benzene rings is 1. The minimum Gasteiger partial charge on any atom is -0.480 e. The fourth-order valence-corrected chi connectivity index (χ4v) is 1.57. The van der Waals surface area contributed by atoms with Crippen LogP contribution >= 0.6 is 0 Å². The Kier molecular flexibility index (Phi) is 3.09. The van der Waals surface area contributed by atoms with Crippen LogP contribution in [0.4, 0.5) is 4.79 Å². The van der Waals surface area contributed by atoms with E-state index in [1.165, 1.54) is 6.08 Å². The maximum Gasteiger partial charge on any atom is 0.329 e. The summed E-state index contributed by atoms with van der Waals surface area (Å²) in [6.45, 7) is -0.642. The van der Waals surface area contributed by atoms with Crippen LogP contribution in [0.5, 0.6) is 0 Å². The first kappa shape index (κ1) is 11.8. The predicted molar refractivity (Wildman–Crippen MR) is 62.3 cm³/mol. The third-order valence-electron chi connectivity index (χ3n) is 2.37. The van der Waals surface area contributed by atoms with E-state index >= 15 is 0 Å². The first-order valence-corrected chi connectivity index (χ1v) is 5.19. The van der Waals surface area contributed by atoms with E-state index < -0.39 is 24.5 Å². The van der Waals surface area contributed by atoms with Gasteiger partial charge in [0.25, 0.3) is 5.91 Å². The van der Waals surface area contributed by atoms with Crippen LogP contribution in [0.1, 0.15) is 5.56 Å². The molecule has 1 aromatic rings. The second-order valence-corrected chi connectivity index (χ2v) is 3.68. The average Bonchev–Trinajstić information content (AvgIpc) is 2.58. The molecule has 3 amide bonds. The molecule has 0 saturated carbocycles. The fourth-order valence-electron chi connectivity index (χ4n) is 1.57. The van der Waals surface area contributed by atoms with E-state index in [2.05, 4.69) is 5.32 Å². The molecule has 0 aliphatic carbocycles. The van der Waals surface area contributed by atoms with E-state index in [0.717, 1.165) is 5.56 Å². The van der Waals surface area contributed by atoms with Crippen molar-refractivity contribution in [1.29, 1.82) is 0 Å². The Morgan fingerprint density at radius 2 is 1.94 bits per heavy atom. The Labute approximate surface area is 103 Å². The number of rotatable bonds is 3. The Morgan fingerprint density at radius 3 is 2.56 bits per heavy atom. The van der Waals surface area contributed by atoms with Gasteiger partial charge in [-0.25, -0.2) is 9.69 Å². The van der Waals surface area contributed by atoms with Crippen molar-refractivity contribution in [2.45, 2.75) is 0 Å². The number of imide groups is 1. The molecule has 1 aliphatic heterocycles. The molecule has 1 fully saturated rings. The second kappa shape index (κ2) is 4.70. The number of nitrogens with one attached hydrogen (secondary N) is 1. The molecule has 6 heteroatoms. The zero-order valence-electron chi connectivity index (χ0n) is 9.29. The van der Waals surface area contributed by atoms with Gasteiger partial charge >= 0.3 is 12.0 Å². The molecule has 1 aliphatic rings. The summed E-state index contributed by atoms with van der Waals surface area (Å²) in [6, 6.07) is 8.24. The van der Waals surface area contributed by atoms with E-state index in [1.54, 1.807) is 24.3 Å². The molecule has 1 saturated heterocycles. The second-order valence-electron chi connectivity index (χ2n) is 3.68. The van der Waals surface area contributed by atoms with Gasteiger partial charge in [0.1, 0.15) is 12.2 Å². The highest BCUT2D eigenvalue weighted by molar-refractivity contribution is 6.15. The molecule has 0 radical (unpaired) electrons.